The second-order valence-electron chi connectivity index (χ2n) is 5.42. The van der Waals surface area contributed by atoms with Crippen molar-refractivity contribution in [2.24, 2.45) is 5.92 Å². The van der Waals surface area contributed by atoms with Gasteiger partial charge in [-0.2, -0.15) is 0 Å². The summed E-state index contributed by atoms with van der Waals surface area (Å²) in [5.41, 5.74) is 1.13. The van der Waals surface area contributed by atoms with Gasteiger partial charge in [0.15, 0.2) is 0 Å². The van der Waals surface area contributed by atoms with E-state index in [1.54, 1.807) is 0 Å². The Labute approximate surface area is 114 Å². The minimum absolute atomic E-state index is 0.0825. The monoisotopic (exact) mass is 260 g/mol. The lowest BCUT2D eigenvalue weighted by molar-refractivity contribution is -0.152. The first-order valence-corrected chi connectivity index (χ1v) is 6.65. The first-order valence-electron chi connectivity index (χ1n) is 6.65. The molecule has 0 aromatic heterocycles. The zero-order chi connectivity index (χ0) is 13.8. The molecule has 2 amide bonds. The number of carbonyl (C=O) groups excluding carboxylic acids is 2. The maximum Gasteiger partial charge on any atom is 0.243 e. The minimum atomic E-state index is -0.0825. The van der Waals surface area contributed by atoms with E-state index < -0.39 is 0 Å². The summed E-state index contributed by atoms with van der Waals surface area (Å²) < 4.78 is 0. The van der Waals surface area contributed by atoms with Crippen molar-refractivity contribution < 1.29 is 9.59 Å². The summed E-state index contributed by atoms with van der Waals surface area (Å²) >= 11 is 0. The summed E-state index contributed by atoms with van der Waals surface area (Å²) in [6, 6.07) is 9.91. The van der Waals surface area contributed by atoms with Gasteiger partial charge in [0.2, 0.25) is 11.8 Å². The number of imide groups is 1. The van der Waals surface area contributed by atoms with Crippen molar-refractivity contribution in [3.8, 4) is 0 Å². The van der Waals surface area contributed by atoms with Crippen LogP contribution < -0.4 is 0 Å². The molecule has 1 saturated heterocycles. The molecule has 4 nitrogen and oxygen atoms in total. The van der Waals surface area contributed by atoms with Gasteiger partial charge in [-0.05, 0) is 11.5 Å². The van der Waals surface area contributed by atoms with Crippen molar-refractivity contribution in [1.29, 1.82) is 0 Å². The third-order valence-electron chi connectivity index (χ3n) is 3.12. The number of benzene rings is 1. The van der Waals surface area contributed by atoms with Crippen LogP contribution in [0.2, 0.25) is 0 Å². The fraction of sp³-hybridized carbons (Fsp3) is 0.467. The molecule has 4 heteroatoms. The van der Waals surface area contributed by atoms with Gasteiger partial charge in [0.1, 0.15) is 0 Å². The normalized spacial score (nSPS) is 17.3. The van der Waals surface area contributed by atoms with E-state index in [9.17, 15) is 9.59 Å². The van der Waals surface area contributed by atoms with Crippen LogP contribution in [0.25, 0.3) is 0 Å². The topological polar surface area (TPSA) is 40.6 Å². The summed E-state index contributed by atoms with van der Waals surface area (Å²) in [4.78, 5) is 27.3. The minimum Gasteiger partial charge on any atom is -0.281 e. The number of hydrogen-bond acceptors (Lipinski definition) is 3. The van der Waals surface area contributed by atoms with Crippen molar-refractivity contribution in [3.63, 3.8) is 0 Å². The molecule has 1 aliphatic heterocycles. The summed E-state index contributed by atoms with van der Waals surface area (Å²) in [6.45, 7) is 5.85. The van der Waals surface area contributed by atoms with Crippen molar-refractivity contribution >= 4 is 11.8 Å². The van der Waals surface area contributed by atoms with E-state index in [1.165, 1.54) is 4.90 Å². The van der Waals surface area contributed by atoms with Crippen LogP contribution in [-0.2, 0) is 16.1 Å². The van der Waals surface area contributed by atoms with Gasteiger partial charge >= 0.3 is 0 Å². The lowest BCUT2D eigenvalue weighted by atomic mass is 10.1. The largest absolute Gasteiger partial charge is 0.281 e. The van der Waals surface area contributed by atoms with E-state index in [-0.39, 0.29) is 11.8 Å². The number of hydrogen-bond donors (Lipinski definition) is 0. The molecule has 0 N–H and O–H groups in total. The quantitative estimate of drug-likeness (QED) is 0.771. The molecule has 1 aliphatic rings. The zero-order valence-electron chi connectivity index (χ0n) is 11.5. The molecule has 0 aliphatic carbocycles. The first-order chi connectivity index (χ1) is 9.06. The van der Waals surface area contributed by atoms with Crippen LogP contribution in [0.15, 0.2) is 30.3 Å². The van der Waals surface area contributed by atoms with Crippen molar-refractivity contribution in [3.05, 3.63) is 35.9 Å². The van der Waals surface area contributed by atoms with E-state index in [0.717, 1.165) is 5.56 Å². The lowest BCUT2D eigenvalue weighted by Crippen LogP contribution is -2.54. The van der Waals surface area contributed by atoms with Crippen LogP contribution in [0, 0.1) is 5.92 Å². The zero-order valence-corrected chi connectivity index (χ0v) is 11.5. The van der Waals surface area contributed by atoms with Gasteiger partial charge in [0, 0.05) is 13.1 Å². The highest BCUT2D eigenvalue weighted by molar-refractivity contribution is 5.99. The van der Waals surface area contributed by atoms with E-state index >= 15 is 0 Å². The van der Waals surface area contributed by atoms with Crippen molar-refractivity contribution in [2.75, 3.05) is 19.6 Å². The molecule has 0 unspecified atom stereocenters. The highest BCUT2D eigenvalue weighted by atomic mass is 16.2. The van der Waals surface area contributed by atoms with E-state index in [1.807, 2.05) is 49.1 Å². The molecule has 1 aromatic rings. The molecule has 1 heterocycles. The highest BCUT2D eigenvalue weighted by Crippen LogP contribution is 2.11. The third-order valence-corrected chi connectivity index (χ3v) is 3.12. The summed E-state index contributed by atoms with van der Waals surface area (Å²) in [5, 5.41) is 0. The van der Waals surface area contributed by atoms with Gasteiger partial charge < -0.3 is 0 Å². The standard InChI is InChI=1S/C15H20N2O2/c1-12(2)8-17-14(18)10-16(11-15(17)19)9-13-6-4-3-5-7-13/h3-7,12H,8-11H2,1-2H3. The Morgan fingerprint density at radius 1 is 1.05 bits per heavy atom. The average Bonchev–Trinajstić information content (AvgIpc) is 2.35. The molecular weight excluding hydrogens is 240 g/mol. The van der Waals surface area contributed by atoms with Gasteiger partial charge in [-0.25, -0.2) is 0 Å². The fourth-order valence-corrected chi connectivity index (χ4v) is 2.27. The van der Waals surface area contributed by atoms with Gasteiger partial charge in [0.25, 0.3) is 0 Å². The molecule has 19 heavy (non-hydrogen) atoms. The van der Waals surface area contributed by atoms with Crippen LogP contribution in [0.3, 0.4) is 0 Å². The van der Waals surface area contributed by atoms with Gasteiger partial charge in [-0.15, -0.1) is 0 Å². The molecule has 102 valence electrons. The SMILES string of the molecule is CC(C)CN1C(=O)CN(Cc2ccccc2)CC1=O. The third kappa shape index (κ3) is 3.64. The number of nitrogens with zero attached hydrogens (tertiary/aromatic N) is 2. The highest BCUT2D eigenvalue weighted by Gasteiger charge is 2.30. The number of rotatable bonds is 4. The van der Waals surface area contributed by atoms with E-state index in [2.05, 4.69) is 0 Å². The van der Waals surface area contributed by atoms with Crippen LogP contribution >= 0.6 is 0 Å². The Bertz CT molecular complexity index is 438. The van der Waals surface area contributed by atoms with E-state index in [0.29, 0.717) is 32.1 Å². The molecule has 0 radical (unpaired) electrons. The average molecular weight is 260 g/mol. The molecule has 0 saturated carbocycles. The maximum absolute atomic E-state index is 12.0. The smallest absolute Gasteiger partial charge is 0.243 e. The number of amides is 2. The molecular formula is C15H20N2O2. The maximum atomic E-state index is 12.0. The number of piperazine rings is 1. The van der Waals surface area contributed by atoms with Gasteiger partial charge in [-0.3, -0.25) is 19.4 Å². The predicted octanol–water partition coefficient (Wildman–Crippen LogP) is 1.51. The van der Waals surface area contributed by atoms with Crippen LogP contribution in [0.4, 0.5) is 0 Å². The second-order valence-corrected chi connectivity index (χ2v) is 5.42. The van der Waals surface area contributed by atoms with E-state index in [4.69, 9.17) is 0 Å². The summed E-state index contributed by atoms with van der Waals surface area (Å²) in [6.07, 6.45) is 0. The first kappa shape index (κ1) is 13.7. The molecule has 0 spiro atoms. The van der Waals surface area contributed by atoms with Crippen LogP contribution in [0.1, 0.15) is 19.4 Å². The second kappa shape index (κ2) is 5.97. The molecule has 2 rings (SSSR count). The molecule has 0 atom stereocenters. The Hall–Kier alpha value is -1.68. The molecule has 1 fully saturated rings. The van der Waals surface area contributed by atoms with Gasteiger partial charge in [-0.1, -0.05) is 44.2 Å². The molecule has 0 bridgehead atoms. The van der Waals surface area contributed by atoms with Crippen LogP contribution in [0.5, 0.6) is 0 Å². The van der Waals surface area contributed by atoms with Crippen LogP contribution in [-0.4, -0.2) is 41.2 Å². The molecule has 1 aromatic carbocycles. The lowest BCUT2D eigenvalue weighted by Gasteiger charge is -2.33. The Balaban J connectivity index is 1.98. The van der Waals surface area contributed by atoms with Crippen molar-refractivity contribution in [2.45, 2.75) is 20.4 Å². The predicted molar refractivity (Wildman–Crippen MR) is 73.3 cm³/mol. The summed E-state index contributed by atoms with van der Waals surface area (Å²) in [7, 11) is 0. The summed E-state index contributed by atoms with van der Waals surface area (Å²) in [5.74, 6) is 0.148. The number of carbonyl (C=O) groups is 2. The Morgan fingerprint density at radius 3 is 2.16 bits per heavy atom. The van der Waals surface area contributed by atoms with Crippen molar-refractivity contribution in [1.82, 2.24) is 9.80 Å². The Kier molecular flexibility index (Phi) is 4.32. The van der Waals surface area contributed by atoms with Gasteiger partial charge in [0.05, 0.1) is 13.1 Å². The Morgan fingerprint density at radius 2 is 1.63 bits per heavy atom. The fourth-order valence-electron chi connectivity index (χ4n) is 2.27.